The molecule has 0 atom stereocenters. The van der Waals surface area contributed by atoms with Gasteiger partial charge in [-0.05, 0) is 23.8 Å². The second-order valence-corrected chi connectivity index (χ2v) is 3.61. The van der Waals surface area contributed by atoms with Crippen LogP contribution in [0.25, 0.3) is 6.08 Å². The second-order valence-electron chi connectivity index (χ2n) is 3.61. The SMILES string of the molecule is CON=CC(C#N)=Cc1ccc(N(C)C)cc1. The van der Waals surface area contributed by atoms with Crippen molar-refractivity contribution >= 4 is 18.0 Å². The molecule has 0 heterocycles. The Kier molecular flexibility index (Phi) is 4.77. The second kappa shape index (κ2) is 6.33. The Morgan fingerprint density at radius 3 is 2.47 bits per heavy atom. The molecular formula is C13H15N3O. The van der Waals surface area contributed by atoms with Gasteiger partial charge < -0.3 is 9.74 Å². The van der Waals surface area contributed by atoms with Gasteiger partial charge in [-0.3, -0.25) is 0 Å². The smallest absolute Gasteiger partial charge is 0.106 e. The molecule has 0 aliphatic rings. The van der Waals surface area contributed by atoms with Crippen LogP contribution in [0.1, 0.15) is 5.56 Å². The summed E-state index contributed by atoms with van der Waals surface area (Å²) in [7, 11) is 5.41. The van der Waals surface area contributed by atoms with E-state index in [-0.39, 0.29) is 0 Å². The van der Waals surface area contributed by atoms with E-state index in [0.29, 0.717) is 5.57 Å². The van der Waals surface area contributed by atoms with E-state index in [1.165, 1.54) is 13.3 Å². The molecule has 0 saturated heterocycles. The van der Waals surface area contributed by atoms with Gasteiger partial charge in [0.25, 0.3) is 0 Å². The van der Waals surface area contributed by atoms with Crippen molar-refractivity contribution in [1.82, 2.24) is 0 Å². The number of oxime groups is 1. The van der Waals surface area contributed by atoms with Crippen LogP contribution >= 0.6 is 0 Å². The van der Waals surface area contributed by atoms with Crippen LogP contribution in [0.15, 0.2) is 35.0 Å². The lowest BCUT2D eigenvalue weighted by Gasteiger charge is -2.11. The highest BCUT2D eigenvalue weighted by atomic mass is 16.6. The summed E-state index contributed by atoms with van der Waals surface area (Å²) in [6.07, 6.45) is 3.14. The molecule has 4 nitrogen and oxygen atoms in total. The number of benzene rings is 1. The van der Waals surface area contributed by atoms with E-state index in [1.807, 2.05) is 49.3 Å². The zero-order valence-corrected chi connectivity index (χ0v) is 10.2. The maximum absolute atomic E-state index is 8.88. The van der Waals surface area contributed by atoms with Crippen LogP contribution in [0.2, 0.25) is 0 Å². The summed E-state index contributed by atoms with van der Waals surface area (Å²) >= 11 is 0. The van der Waals surface area contributed by atoms with Crippen LogP contribution in [-0.2, 0) is 4.84 Å². The minimum atomic E-state index is 0.449. The molecule has 0 fully saturated rings. The van der Waals surface area contributed by atoms with Crippen molar-refractivity contribution in [3.63, 3.8) is 0 Å². The van der Waals surface area contributed by atoms with Crippen molar-refractivity contribution in [2.75, 3.05) is 26.1 Å². The number of hydrogen-bond donors (Lipinski definition) is 0. The number of allylic oxidation sites excluding steroid dienone is 1. The first kappa shape index (κ1) is 12.8. The van der Waals surface area contributed by atoms with E-state index in [0.717, 1.165) is 11.3 Å². The van der Waals surface area contributed by atoms with Crippen molar-refractivity contribution in [3.05, 3.63) is 35.4 Å². The van der Waals surface area contributed by atoms with Crippen LogP contribution in [0, 0.1) is 11.3 Å². The number of nitriles is 1. The summed E-state index contributed by atoms with van der Waals surface area (Å²) in [5.41, 5.74) is 2.52. The van der Waals surface area contributed by atoms with Crippen molar-refractivity contribution in [3.8, 4) is 6.07 Å². The minimum absolute atomic E-state index is 0.449. The van der Waals surface area contributed by atoms with Crippen LogP contribution in [0.5, 0.6) is 0 Å². The first-order valence-corrected chi connectivity index (χ1v) is 5.13. The Balaban J connectivity index is 2.90. The van der Waals surface area contributed by atoms with Crippen molar-refractivity contribution < 1.29 is 4.84 Å². The van der Waals surface area contributed by atoms with Gasteiger partial charge in [-0.1, -0.05) is 17.3 Å². The normalized spacial score (nSPS) is 11.3. The molecule has 1 rings (SSSR count). The maximum Gasteiger partial charge on any atom is 0.106 e. The lowest BCUT2D eigenvalue weighted by Crippen LogP contribution is -2.07. The number of nitrogens with zero attached hydrogens (tertiary/aromatic N) is 3. The van der Waals surface area contributed by atoms with Gasteiger partial charge in [-0.2, -0.15) is 5.26 Å². The van der Waals surface area contributed by atoms with Gasteiger partial charge in [0.1, 0.15) is 13.2 Å². The summed E-state index contributed by atoms with van der Waals surface area (Å²) in [4.78, 5) is 6.55. The lowest BCUT2D eigenvalue weighted by molar-refractivity contribution is 0.215. The predicted molar refractivity (Wildman–Crippen MR) is 69.9 cm³/mol. The summed E-state index contributed by atoms with van der Waals surface area (Å²) < 4.78 is 0. The maximum atomic E-state index is 8.88. The zero-order chi connectivity index (χ0) is 12.7. The van der Waals surface area contributed by atoms with Crippen LogP contribution < -0.4 is 4.90 Å². The monoisotopic (exact) mass is 229 g/mol. The number of hydrogen-bond acceptors (Lipinski definition) is 4. The molecule has 4 heteroatoms. The minimum Gasteiger partial charge on any atom is -0.399 e. The molecule has 1 aromatic rings. The van der Waals surface area contributed by atoms with Crippen LogP contribution in [0.4, 0.5) is 5.69 Å². The molecule has 1 aromatic carbocycles. The van der Waals surface area contributed by atoms with Gasteiger partial charge in [-0.25, -0.2) is 0 Å². The summed E-state index contributed by atoms with van der Waals surface area (Å²) in [5, 5.41) is 12.4. The molecule has 0 spiro atoms. The van der Waals surface area contributed by atoms with E-state index in [4.69, 9.17) is 5.26 Å². The van der Waals surface area contributed by atoms with Crippen LogP contribution in [0.3, 0.4) is 0 Å². The van der Waals surface area contributed by atoms with Crippen molar-refractivity contribution in [1.29, 1.82) is 5.26 Å². The van der Waals surface area contributed by atoms with Crippen molar-refractivity contribution in [2.45, 2.75) is 0 Å². The summed E-state index contributed by atoms with van der Waals surface area (Å²) in [6, 6.07) is 9.94. The molecule has 0 bridgehead atoms. The van der Waals surface area contributed by atoms with E-state index >= 15 is 0 Å². The molecule has 0 N–H and O–H groups in total. The molecule has 88 valence electrons. The first-order chi connectivity index (χ1) is 8.17. The average molecular weight is 229 g/mol. The lowest BCUT2D eigenvalue weighted by atomic mass is 10.1. The van der Waals surface area contributed by atoms with Crippen molar-refractivity contribution in [2.24, 2.45) is 5.16 Å². The average Bonchev–Trinajstić information content (AvgIpc) is 2.35. The summed E-state index contributed by atoms with van der Waals surface area (Å²) in [6.45, 7) is 0. The van der Waals surface area contributed by atoms with E-state index in [9.17, 15) is 0 Å². The van der Waals surface area contributed by atoms with Gasteiger partial charge in [0.2, 0.25) is 0 Å². The third kappa shape index (κ3) is 3.99. The Labute approximate surface area is 101 Å². The highest BCUT2D eigenvalue weighted by molar-refractivity contribution is 5.90. The third-order valence-corrected chi connectivity index (χ3v) is 2.16. The van der Waals surface area contributed by atoms with E-state index < -0.39 is 0 Å². The Hall–Kier alpha value is -2.28. The fourth-order valence-electron chi connectivity index (χ4n) is 1.26. The Morgan fingerprint density at radius 1 is 1.35 bits per heavy atom. The molecular weight excluding hydrogens is 214 g/mol. The third-order valence-electron chi connectivity index (χ3n) is 2.16. The largest absolute Gasteiger partial charge is 0.399 e. The van der Waals surface area contributed by atoms with Gasteiger partial charge >= 0.3 is 0 Å². The first-order valence-electron chi connectivity index (χ1n) is 5.13. The molecule has 0 aliphatic heterocycles. The van der Waals surface area contributed by atoms with Gasteiger partial charge in [0.05, 0.1) is 11.8 Å². The fourth-order valence-corrected chi connectivity index (χ4v) is 1.26. The predicted octanol–water partition coefficient (Wildman–Crippen LogP) is 2.29. The van der Waals surface area contributed by atoms with E-state index in [2.05, 4.69) is 9.99 Å². The molecule has 0 aliphatic carbocycles. The summed E-state index contributed by atoms with van der Waals surface area (Å²) in [5.74, 6) is 0. The molecule has 0 amide bonds. The van der Waals surface area contributed by atoms with E-state index in [1.54, 1.807) is 6.08 Å². The number of rotatable bonds is 4. The fraction of sp³-hybridized carbons (Fsp3) is 0.231. The van der Waals surface area contributed by atoms with Gasteiger partial charge in [0.15, 0.2) is 0 Å². The molecule has 0 unspecified atom stereocenters. The highest BCUT2D eigenvalue weighted by Crippen LogP contribution is 2.14. The quantitative estimate of drug-likeness (QED) is 0.452. The Morgan fingerprint density at radius 2 is 2.00 bits per heavy atom. The van der Waals surface area contributed by atoms with Crippen LogP contribution in [-0.4, -0.2) is 27.4 Å². The highest BCUT2D eigenvalue weighted by Gasteiger charge is 1.96. The standard InChI is InChI=1S/C13H15N3O/c1-16(2)13-6-4-11(5-7-13)8-12(9-14)10-15-17-3/h4-8,10H,1-3H3. The Bertz CT molecular complexity index is 453. The molecule has 17 heavy (non-hydrogen) atoms. The zero-order valence-electron chi connectivity index (χ0n) is 10.2. The molecule has 0 saturated carbocycles. The molecule has 0 aromatic heterocycles. The van der Waals surface area contributed by atoms with Gasteiger partial charge in [0, 0.05) is 19.8 Å². The van der Waals surface area contributed by atoms with Gasteiger partial charge in [-0.15, -0.1) is 0 Å². The molecule has 0 radical (unpaired) electrons. The topological polar surface area (TPSA) is 48.6 Å². The number of anilines is 1.